The van der Waals surface area contributed by atoms with Gasteiger partial charge < -0.3 is 9.73 Å². The van der Waals surface area contributed by atoms with Gasteiger partial charge in [-0.3, -0.25) is 10.1 Å². The van der Waals surface area contributed by atoms with E-state index in [1.165, 1.54) is 18.6 Å². The summed E-state index contributed by atoms with van der Waals surface area (Å²) in [6, 6.07) is 5.66. The number of nitrogens with zero attached hydrogens (tertiary/aromatic N) is 2. The summed E-state index contributed by atoms with van der Waals surface area (Å²) >= 11 is 0.984. The molecule has 27 heavy (non-hydrogen) atoms. The normalized spacial score (nSPS) is 19.5. The molecule has 1 heterocycles. The molecular formula is C18H21FN4O3S. The average molecular weight is 392 g/mol. The lowest BCUT2D eigenvalue weighted by Crippen LogP contribution is -2.48. The number of aromatic nitrogens is 2. The molecule has 1 aliphatic carbocycles. The first-order chi connectivity index (χ1) is 13.0. The standard InChI is InChI=1S/C18H21FN4O3S/c1-11-6-2-5-9-14(11)20-17(25)21-15(24)10-27-18-23-22-16(26-18)12-7-3-4-8-13(12)19/h3-4,7-8,11,14H,2,5-6,9-10H2,1H3,(H2,20,21,24,25)/t11-,14+/m1/s1. The number of imide groups is 1. The first kappa shape index (κ1) is 19.3. The van der Waals surface area contributed by atoms with E-state index in [2.05, 4.69) is 27.8 Å². The Morgan fingerprint density at radius 2 is 2.04 bits per heavy atom. The highest BCUT2D eigenvalue weighted by atomic mass is 32.2. The van der Waals surface area contributed by atoms with Crippen molar-refractivity contribution in [2.45, 2.75) is 43.9 Å². The van der Waals surface area contributed by atoms with Crippen LogP contribution in [0.3, 0.4) is 0 Å². The predicted molar refractivity (Wildman–Crippen MR) is 98.5 cm³/mol. The fraction of sp³-hybridized carbons (Fsp3) is 0.444. The predicted octanol–water partition coefficient (Wildman–Crippen LogP) is 3.37. The third-order valence-electron chi connectivity index (χ3n) is 4.52. The summed E-state index contributed by atoms with van der Waals surface area (Å²) in [5, 5.41) is 12.9. The molecule has 1 aromatic heterocycles. The lowest BCUT2D eigenvalue weighted by molar-refractivity contribution is -0.117. The number of carbonyl (C=O) groups is 2. The minimum atomic E-state index is -0.489. The maximum absolute atomic E-state index is 13.7. The van der Waals surface area contributed by atoms with Crippen LogP contribution in [0, 0.1) is 11.7 Å². The lowest BCUT2D eigenvalue weighted by Gasteiger charge is -2.29. The molecule has 144 valence electrons. The Kier molecular flexibility index (Phi) is 6.44. The maximum atomic E-state index is 13.7. The Bertz CT molecular complexity index is 813. The molecule has 1 saturated carbocycles. The number of hydrogen-bond acceptors (Lipinski definition) is 6. The lowest BCUT2D eigenvalue weighted by atomic mass is 9.86. The summed E-state index contributed by atoms with van der Waals surface area (Å²) in [6.07, 6.45) is 4.27. The molecule has 0 aliphatic heterocycles. The summed E-state index contributed by atoms with van der Waals surface area (Å²) < 4.78 is 19.1. The van der Waals surface area contributed by atoms with Gasteiger partial charge in [-0.25, -0.2) is 9.18 Å². The van der Waals surface area contributed by atoms with E-state index in [1.807, 2.05) is 0 Å². The van der Waals surface area contributed by atoms with Crippen LogP contribution in [0.25, 0.3) is 11.5 Å². The molecule has 3 rings (SSSR count). The SMILES string of the molecule is C[C@@H]1CCCC[C@@H]1NC(=O)NC(=O)CSc1nnc(-c2ccccc2F)o1. The van der Waals surface area contributed by atoms with Crippen LogP contribution in [0.2, 0.25) is 0 Å². The number of urea groups is 1. The van der Waals surface area contributed by atoms with E-state index >= 15 is 0 Å². The van der Waals surface area contributed by atoms with Gasteiger partial charge in [0.05, 0.1) is 11.3 Å². The molecule has 2 N–H and O–H groups in total. The number of thioether (sulfide) groups is 1. The smallest absolute Gasteiger partial charge is 0.321 e. The third kappa shape index (κ3) is 5.29. The Hall–Kier alpha value is -2.42. The summed E-state index contributed by atoms with van der Waals surface area (Å²) in [6.45, 7) is 2.10. The second-order valence-corrected chi connectivity index (χ2v) is 7.46. The average Bonchev–Trinajstić information content (AvgIpc) is 3.11. The van der Waals surface area contributed by atoms with Crippen LogP contribution in [-0.2, 0) is 4.79 Å². The zero-order chi connectivity index (χ0) is 19.2. The number of benzene rings is 1. The Morgan fingerprint density at radius 1 is 1.26 bits per heavy atom. The highest BCUT2D eigenvalue weighted by Crippen LogP contribution is 2.25. The van der Waals surface area contributed by atoms with Crippen molar-refractivity contribution in [1.82, 2.24) is 20.8 Å². The van der Waals surface area contributed by atoms with Gasteiger partial charge in [0.15, 0.2) is 0 Å². The van der Waals surface area contributed by atoms with E-state index < -0.39 is 17.8 Å². The molecule has 0 radical (unpaired) electrons. The minimum Gasteiger partial charge on any atom is -0.411 e. The molecule has 7 nitrogen and oxygen atoms in total. The van der Waals surface area contributed by atoms with E-state index in [1.54, 1.807) is 12.1 Å². The summed E-state index contributed by atoms with van der Waals surface area (Å²) in [5.74, 6) is -0.549. The zero-order valence-electron chi connectivity index (χ0n) is 14.9. The summed E-state index contributed by atoms with van der Waals surface area (Å²) in [7, 11) is 0. The van der Waals surface area contributed by atoms with Crippen LogP contribution in [0.5, 0.6) is 0 Å². The second-order valence-electron chi connectivity index (χ2n) is 6.53. The molecular weight excluding hydrogens is 371 g/mol. The molecule has 0 spiro atoms. The molecule has 1 aliphatic rings. The summed E-state index contributed by atoms with van der Waals surface area (Å²) in [5.41, 5.74) is 0.197. The molecule has 0 bridgehead atoms. The number of halogens is 1. The zero-order valence-corrected chi connectivity index (χ0v) is 15.7. The van der Waals surface area contributed by atoms with Crippen molar-refractivity contribution in [3.63, 3.8) is 0 Å². The largest absolute Gasteiger partial charge is 0.411 e. The highest BCUT2D eigenvalue weighted by molar-refractivity contribution is 7.99. The van der Waals surface area contributed by atoms with Crippen molar-refractivity contribution in [3.05, 3.63) is 30.1 Å². The van der Waals surface area contributed by atoms with Gasteiger partial charge in [0, 0.05) is 6.04 Å². The van der Waals surface area contributed by atoms with Gasteiger partial charge in [0.2, 0.25) is 5.91 Å². The van der Waals surface area contributed by atoms with Gasteiger partial charge in [0.25, 0.3) is 11.1 Å². The molecule has 1 aromatic carbocycles. The monoisotopic (exact) mass is 392 g/mol. The van der Waals surface area contributed by atoms with Crippen molar-refractivity contribution in [2.75, 3.05) is 5.75 Å². The van der Waals surface area contributed by atoms with Crippen molar-refractivity contribution in [1.29, 1.82) is 0 Å². The van der Waals surface area contributed by atoms with Crippen LogP contribution in [0.4, 0.5) is 9.18 Å². The Labute approximate surface area is 160 Å². The molecule has 1 fully saturated rings. The first-order valence-corrected chi connectivity index (χ1v) is 9.83. The van der Waals surface area contributed by atoms with Crippen LogP contribution >= 0.6 is 11.8 Å². The second kappa shape index (κ2) is 8.98. The van der Waals surface area contributed by atoms with E-state index in [0.717, 1.165) is 31.0 Å². The fourth-order valence-electron chi connectivity index (χ4n) is 3.04. The van der Waals surface area contributed by atoms with Crippen molar-refractivity contribution < 1.29 is 18.4 Å². The minimum absolute atomic E-state index is 0.0417. The van der Waals surface area contributed by atoms with Crippen molar-refractivity contribution >= 4 is 23.7 Å². The highest BCUT2D eigenvalue weighted by Gasteiger charge is 2.23. The van der Waals surface area contributed by atoms with Gasteiger partial charge in [0.1, 0.15) is 5.82 Å². The van der Waals surface area contributed by atoms with Gasteiger partial charge in [-0.05, 0) is 30.9 Å². The van der Waals surface area contributed by atoms with Gasteiger partial charge >= 0.3 is 6.03 Å². The van der Waals surface area contributed by atoms with E-state index in [0.29, 0.717) is 5.92 Å². The number of carbonyl (C=O) groups excluding carboxylic acids is 2. The first-order valence-electron chi connectivity index (χ1n) is 8.84. The van der Waals surface area contributed by atoms with Crippen molar-refractivity contribution in [2.24, 2.45) is 5.92 Å². The molecule has 9 heteroatoms. The molecule has 0 saturated heterocycles. The molecule has 2 aromatic rings. The number of hydrogen-bond donors (Lipinski definition) is 2. The van der Waals surface area contributed by atoms with Gasteiger partial charge in [-0.1, -0.05) is 43.7 Å². The van der Waals surface area contributed by atoms with Crippen LogP contribution in [0.15, 0.2) is 33.9 Å². The molecule has 3 amide bonds. The number of nitrogens with one attached hydrogen (secondary N) is 2. The maximum Gasteiger partial charge on any atom is 0.321 e. The fourth-order valence-corrected chi connectivity index (χ4v) is 3.60. The summed E-state index contributed by atoms with van der Waals surface area (Å²) in [4.78, 5) is 23.9. The van der Waals surface area contributed by atoms with Gasteiger partial charge in [-0.15, -0.1) is 10.2 Å². The molecule has 2 atom stereocenters. The Balaban J connectivity index is 1.47. The van der Waals surface area contributed by atoms with Crippen LogP contribution in [-0.4, -0.2) is 33.9 Å². The van der Waals surface area contributed by atoms with Gasteiger partial charge in [-0.2, -0.15) is 0 Å². The van der Waals surface area contributed by atoms with E-state index in [-0.39, 0.29) is 28.5 Å². The number of rotatable bonds is 5. The quantitative estimate of drug-likeness (QED) is 0.757. The van der Waals surface area contributed by atoms with E-state index in [4.69, 9.17) is 4.42 Å². The Morgan fingerprint density at radius 3 is 2.81 bits per heavy atom. The van der Waals surface area contributed by atoms with Crippen LogP contribution < -0.4 is 10.6 Å². The third-order valence-corrected chi connectivity index (χ3v) is 5.34. The van der Waals surface area contributed by atoms with Crippen molar-refractivity contribution in [3.8, 4) is 11.5 Å². The van der Waals surface area contributed by atoms with E-state index in [9.17, 15) is 14.0 Å². The molecule has 0 unspecified atom stereocenters. The van der Waals surface area contributed by atoms with Crippen LogP contribution in [0.1, 0.15) is 32.6 Å². The topological polar surface area (TPSA) is 97.1 Å². The number of amides is 3.